The Morgan fingerprint density at radius 1 is 1.04 bits per heavy atom. The summed E-state index contributed by atoms with van der Waals surface area (Å²) in [6.45, 7) is 3.77. The lowest BCUT2D eigenvalue weighted by Gasteiger charge is -2.35. The van der Waals surface area contributed by atoms with Gasteiger partial charge in [0.1, 0.15) is 0 Å². The quantitative estimate of drug-likeness (QED) is 0.567. The van der Waals surface area contributed by atoms with Gasteiger partial charge in [-0.1, -0.05) is 0 Å². The lowest BCUT2D eigenvalue weighted by atomic mass is 10.1. The Hall–Kier alpha value is 0.0400. The van der Waals surface area contributed by atoms with Crippen LogP contribution in [-0.4, -0.2) is 83.2 Å². The first kappa shape index (κ1) is 22.1. The molecular weight excluding hydrogens is 354 g/mol. The van der Waals surface area contributed by atoms with E-state index in [0.29, 0.717) is 45.4 Å². The Morgan fingerprint density at radius 3 is 2.04 bits per heavy atom. The molecule has 0 aromatic heterocycles. The number of piperidine rings is 1. The lowest BCUT2D eigenvalue weighted by molar-refractivity contribution is 0.145. The summed E-state index contributed by atoms with van der Waals surface area (Å²) in [6, 6.07) is 0.452. The fourth-order valence-corrected chi connectivity index (χ4v) is 4.45. The number of hydrogen-bond acceptors (Lipinski definition) is 5. The van der Waals surface area contributed by atoms with Gasteiger partial charge < -0.3 is 14.8 Å². The van der Waals surface area contributed by atoms with Gasteiger partial charge in [-0.2, -0.15) is 17.0 Å². The standard InChI is InChI=1S/C15H31N3O4S.ClH/c1-21-11-9-18(10-12-22-2)23(19,20)17-7-5-15(6-8-17)16-13-14-3-4-14;/h14-16H,3-13H2,1-2H3;1H. The van der Waals surface area contributed by atoms with Gasteiger partial charge in [0.15, 0.2) is 0 Å². The van der Waals surface area contributed by atoms with E-state index < -0.39 is 10.2 Å². The zero-order valence-corrected chi connectivity index (χ0v) is 16.4. The molecule has 0 aromatic rings. The topological polar surface area (TPSA) is 71.1 Å². The minimum Gasteiger partial charge on any atom is -0.383 e. The van der Waals surface area contributed by atoms with E-state index in [1.807, 2.05) is 0 Å². The maximum Gasteiger partial charge on any atom is 0.282 e. The van der Waals surface area contributed by atoms with Crippen molar-refractivity contribution in [3.8, 4) is 0 Å². The van der Waals surface area contributed by atoms with E-state index >= 15 is 0 Å². The fourth-order valence-electron chi connectivity index (χ4n) is 2.84. The van der Waals surface area contributed by atoms with E-state index in [0.717, 1.165) is 25.3 Å². The van der Waals surface area contributed by atoms with E-state index in [1.54, 1.807) is 18.5 Å². The van der Waals surface area contributed by atoms with Crippen molar-refractivity contribution in [2.24, 2.45) is 5.92 Å². The highest BCUT2D eigenvalue weighted by Crippen LogP contribution is 2.28. The van der Waals surface area contributed by atoms with E-state index in [2.05, 4.69) is 5.32 Å². The van der Waals surface area contributed by atoms with Crippen LogP contribution in [0.4, 0.5) is 0 Å². The Bertz CT molecular complexity index is 432. The molecule has 144 valence electrons. The molecular formula is C15H32ClN3O4S. The Balaban J connectivity index is 0.00000288. The maximum absolute atomic E-state index is 12.8. The van der Waals surface area contributed by atoms with Crippen LogP contribution in [0.15, 0.2) is 0 Å². The molecule has 9 heteroatoms. The highest BCUT2D eigenvalue weighted by Gasteiger charge is 2.33. The highest BCUT2D eigenvalue weighted by molar-refractivity contribution is 7.86. The SMILES string of the molecule is COCCN(CCOC)S(=O)(=O)N1CCC(NCC2CC2)CC1.Cl. The van der Waals surface area contributed by atoms with Gasteiger partial charge >= 0.3 is 0 Å². The van der Waals surface area contributed by atoms with Crippen molar-refractivity contribution in [3.05, 3.63) is 0 Å². The van der Waals surface area contributed by atoms with E-state index in [9.17, 15) is 8.42 Å². The van der Waals surface area contributed by atoms with Crippen LogP contribution in [0, 0.1) is 5.92 Å². The van der Waals surface area contributed by atoms with Crippen LogP contribution in [0.1, 0.15) is 25.7 Å². The molecule has 1 aliphatic carbocycles. The van der Waals surface area contributed by atoms with E-state index in [1.165, 1.54) is 17.1 Å². The van der Waals surface area contributed by atoms with Gasteiger partial charge in [-0.05, 0) is 38.1 Å². The minimum atomic E-state index is -3.43. The zero-order valence-electron chi connectivity index (χ0n) is 14.8. The molecule has 1 aliphatic heterocycles. The molecule has 2 fully saturated rings. The first-order chi connectivity index (χ1) is 11.1. The van der Waals surface area contributed by atoms with Gasteiger partial charge in [-0.25, -0.2) is 0 Å². The van der Waals surface area contributed by atoms with Crippen LogP contribution in [0.5, 0.6) is 0 Å². The van der Waals surface area contributed by atoms with Crippen molar-refractivity contribution < 1.29 is 17.9 Å². The predicted octanol–water partition coefficient (Wildman–Crippen LogP) is 0.712. The van der Waals surface area contributed by atoms with Crippen LogP contribution in [0.2, 0.25) is 0 Å². The molecule has 0 amide bonds. The second-order valence-corrected chi connectivity index (χ2v) is 8.35. The predicted molar refractivity (Wildman–Crippen MR) is 96.8 cm³/mol. The van der Waals surface area contributed by atoms with Crippen LogP contribution in [0.25, 0.3) is 0 Å². The first-order valence-electron chi connectivity index (χ1n) is 8.54. The molecule has 0 bridgehead atoms. The largest absolute Gasteiger partial charge is 0.383 e. The maximum atomic E-state index is 12.8. The van der Waals surface area contributed by atoms with Crippen LogP contribution >= 0.6 is 12.4 Å². The number of halogens is 1. The highest BCUT2D eigenvalue weighted by atomic mass is 35.5. The third-order valence-corrected chi connectivity index (χ3v) is 6.62. The average Bonchev–Trinajstić information content (AvgIpc) is 3.37. The summed E-state index contributed by atoms with van der Waals surface area (Å²) < 4.78 is 38.7. The molecule has 1 N–H and O–H groups in total. The van der Waals surface area contributed by atoms with Crippen molar-refractivity contribution in [1.82, 2.24) is 13.9 Å². The summed E-state index contributed by atoms with van der Waals surface area (Å²) in [6.07, 6.45) is 4.45. The van der Waals surface area contributed by atoms with Gasteiger partial charge in [-0.3, -0.25) is 0 Å². The average molecular weight is 386 g/mol. The summed E-state index contributed by atoms with van der Waals surface area (Å²) in [7, 11) is -0.269. The zero-order chi connectivity index (χ0) is 16.7. The number of rotatable bonds is 11. The first-order valence-corrected chi connectivity index (χ1v) is 9.94. The summed E-state index contributed by atoms with van der Waals surface area (Å²) in [5.41, 5.74) is 0. The van der Waals surface area contributed by atoms with Gasteiger partial charge in [0.25, 0.3) is 10.2 Å². The number of nitrogens with zero attached hydrogens (tertiary/aromatic N) is 2. The normalized spacial score (nSPS) is 20.3. The van der Waals surface area contributed by atoms with Crippen LogP contribution in [0.3, 0.4) is 0 Å². The summed E-state index contributed by atoms with van der Waals surface area (Å²) >= 11 is 0. The van der Waals surface area contributed by atoms with Gasteiger partial charge in [0.05, 0.1) is 13.2 Å². The van der Waals surface area contributed by atoms with Gasteiger partial charge in [0.2, 0.25) is 0 Å². The molecule has 0 spiro atoms. The molecule has 2 rings (SSSR count). The van der Waals surface area contributed by atoms with Crippen molar-refractivity contribution in [1.29, 1.82) is 0 Å². The Morgan fingerprint density at radius 2 is 1.58 bits per heavy atom. The lowest BCUT2D eigenvalue weighted by Crippen LogP contribution is -2.51. The van der Waals surface area contributed by atoms with E-state index in [-0.39, 0.29) is 12.4 Å². The Labute approximate surface area is 152 Å². The van der Waals surface area contributed by atoms with Gasteiger partial charge in [0, 0.05) is 46.4 Å². The molecule has 24 heavy (non-hydrogen) atoms. The van der Waals surface area contributed by atoms with Crippen LogP contribution in [-0.2, 0) is 19.7 Å². The third kappa shape index (κ3) is 6.74. The number of hydrogen-bond donors (Lipinski definition) is 1. The second kappa shape index (κ2) is 10.9. The molecule has 1 saturated heterocycles. The summed E-state index contributed by atoms with van der Waals surface area (Å²) in [5.74, 6) is 0.857. The van der Waals surface area contributed by atoms with Crippen molar-refractivity contribution >= 4 is 22.6 Å². The minimum absolute atomic E-state index is 0. The van der Waals surface area contributed by atoms with Gasteiger partial charge in [-0.15, -0.1) is 12.4 Å². The van der Waals surface area contributed by atoms with Crippen molar-refractivity contribution in [2.75, 3.05) is 60.2 Å². The van der Waals surface area contributed by atoms with Crippen molar-refractivity contribution in [3.63, 3.8) is 0 Å². The number of ether oxygens (including phenoxy) is 2. The van der Waals surface area contributed by atoms with Crippen molar-refractivity contribution in [2.45, 2.75) is 31.7 Å². The smallest absolute Gasteiger partial charge is 0.282 e. The van der Waals surface area contributed by atoms with Crippen LogP contribution < -0.4 is 5.32 Å². The van der Waals surface area contributed by atoms with E-state index in [4.69, 9.17) is 9.47 Å². The third-order valence-electron chi connectivity index (χ3n) is 4.59. The molecule has 0 unspecified atom stereocenters. The molecule has 0 radical (unpaired) electrons. The molecule has 1 saturated carbocycles. The Kier molecular flexibility index (Phi) is 10.0. The summed E-state index contributed by atoms with van der Waals surface area (Å²) in [4.78, 5) is 0. The number of nitrogens with one attached hydrogen (secondary N) is 1. The monoisotopic (exact) mass is 385 g/mol. The molecule has 2 aliphatic rings. The molecule has 0 atom stereocenters. The molecule has 7 nitrogen and oxygen atoms in total. The molecule has 0 aromatic carbocycles. The molecule has 1 heterocycles. The summed E-state index contributed by atoms with van der Waals surface area (Å²) in [5, 5.41) is 3.58. The second-order valence-electron chi connectivity index (χ2n) is 6.42. The number of methoxy groups -OCH3 is 2. The fraction of sp³-hybridized carbons (Fsp3) is 1.00.